The van der Waals surface area contributed by atoms with Crippen molar-refractivity contribution in [2.75, 3.05) is 18.0 Å². The zero-order chi connectivity index (χ0) is 29.7. The van der Waals surface area contributed by atoms with Crippen LogP contribution in [0.5, 0.6) is 5.75 Å². The van der Waals surface area contributed by atoms with Gasteiger partial charge in [0.2, 0.25) is 5.43 Å². The van der Waals surface area contributed by atoms with Crippen LogP contribution in [0.1, 0.15) is 55.6 Å². The van der Waals surface area contributed by atoms with E-state index < -0.39 is 29.2 Å². The highest BCUT2D eigenvalue weighted by Crippen LogP contribution is 2.43. The summed E-state index contributed by atoms with van der Waals surface area (Å²) in [6.45, 7) is 5.95. The molecule has 41 heavy (non-hydrogen) atoms. The lowest BCUT2D eigenvalue weighted by Gasteiger charge is -2.47. The van der Waals surface area contributed by atoms with Gasteiger partial charge in [0.05, 0.1) is 10.9 Å². The molecule has 12 heteroatoms. The van der Waals surface area contributed by atoms with Gasteiger partial charge in [-0.3, -0.25) is 19.3 Å². The van der Waals surface area contributed by atoms with E-state index in [1.54, 1.807) is 34.6 Å². The number of piperazine rings is 1. The minimum atomic E-state index is -0.943. The first-order valence-electron chi connectivity index (χ1n) is 13.5. The third-order valence-electron chi connectivity index (χ3n) is 7.96. The summed E-state index contributed by atoms with van der Waals surface area (Å²) in [6.07, 6.45) is 3.00. The quantitative estimate of drug-likeness (QED) is 0.355. The van der Waals surface area contributed by atoms with Gasteiger partial charge < -0.3 is 25.0 Å². The number of benzene rings is 2. The lowest BCUT2D eigenvalue weighted by molar-refractivity contribution is -0.144. The lowest BCUT2D eigenvalue weighted by Crippen LogP contribution is -2.61. The number of fused-ring (bicyclic) bond motifs is 1. The van der Waals surface area contributed by atoms with Crippen LogP contribution >= 0.6 is 23.2 Å². The molecule has 3 atom stereocenters. The molecule has 2 heterocycles. The Bertz CT molecular complexity index is 1600. The highest BCUT2D eigenvalue weighted by molar-refractivity contribution is 6.35. The fourth-order valence-electron chi connectivity index (χ4n) is 5.91. The monoisotopic (exact) mass is 604 g/mol. The fraction of sp³-hybridized carbons (Fsp3) is 0.414. The van der Waals surface area contributed by atoms with Crippen molar-refractivity contribution in [3.8, 4) is 5.75 Å². The lowest BCUT2D eigenvalue weighted by atomic mass is 10.0. The van der Waals surface area contributed by atoms with E-state index in [0.717, 1.165) is 18.9 Å². The predicted octanol–water partition coefficient (Wildman–Crippen LogP) is 4.79. The van der Waals surface area contributed by atoms with Crippen molar-refractivity contribution in [2.45, 2.75) is 64.3 Å². The smallest absolute Gasteiger partial charge is 0.320 e. The number of carbonyl (C=O) groups is 2. The van der Waals surface area contributed by atoms with Crippen LogP contribution in [0, 0.1) is 5.82 Å². The number of amides is 1. The number of phenols is 1. The number of hydrogen-bond acceptors (Lipinski definition) is 6. The summed E-state index contributed by atoms with van der Waals surface area (Å²) in [5.74, 6) is -2.75. The number of halogens is 3. The van der Waals surface area contributed by atoms with Crippen LogP contribution in [0.25, 0.3) is 10.9 Å². The van der Waals surface area contributed by atoms with Crippen LogP contribution in [0.15, 0.2) is 35.3 Å². The Morgan fingerprint density at radius 2 is 1.80 bits per heavy atom. The number of aromatic hydroxyl groups is 1. The van der Waals surface area contributed by atoms with Crippen molar-refractivity contribution in [3.63, 3.8) is 0 Å². The summed E-state index contributed by atoms with van der Waals surface area (Å²) < 4.78 is 17.4. The Balaban J connectivity index is 1.51. The number of nitrogens with zero attached hydrogens (tertiary/aromatic N) is 3. The number of carboxylic acids is 1. The third-order valence-corrected chi connectivity index (χ3v) is 8.55. The molecule has 1 unspecified atom stereocenters. The number of phenolic OH excluding ortho intramolecular Hbond substituents is 1. The first kappa shape index (κ1) is 29.2. The number of carboxylic acid groups (broad SMARTS) is 1. The van der Waals surface area contributed by atoms with E-state index in [9.17, 15) is 24.6 Å². The van der Waals surface area contributed by atoms with Crippen LogP contribution in [0.2, 0.25) is 10.0 Å². The Kier molecular flexibility index (Phi) is 7.93. The number of carbonyl (C=O) groups excluding carboxylic acids is 1. The molecular formula is C29H31Cl2FN4O5. The van der Waals surface area contributed by atoms with Gasteiger partial charge in [-0.05, 0) is 57.4 Å². The van der Waals surface area contributed by atoms with Crippen molar-refractivity contribution in [2.24, 2.45) is 0 Å². The minimum absolute atomic E-state index is 0.0396. The maximum Gasteiger partial charge on any atom is 0.320 e. The highest BCUT2D eigenvalue weighted by Gasteiger charge is 2.38. The van der Waals surface area contributed by atoms with E-state index in [2.05, 4.69) is 5.32 Å². The van der Waals surface area contributed by atoms with Gasteiger partial charge >= 0.3 is 5.97 Å². The van der Waals surface area contributed by atoms with E-state index in [4.69, 9.17) is 23.2 Å². The van der Waals surface area contributed by atoms with E-state index in [1.807, 2.05) is 18.7 Å². The zero-order valence-electron chi connectivity index (χ0n) is 22.8. The Morgan fingerprint density at radius 1 is 1.15 bits per heavy atom. The molecule has 5 rings (SSSR count). The molecular weight excluding hydrogens is 574 g/mol. The number of aliphatic carboxylic acids is 1. The number of hydrogen-bond donors (Lipinski definition) is 3. The van der Waals surface area contributed by atoms with Gasteiger partial charge in [-0.15, -0.1) is 0 Å². The van der Waals surface area contributed by atoms with Crippen molar-refractivity contribution in [1.82, 2.24) is 14.8 Å². The SMILES string of the molecule is CC(C(=O)O)N1[C@H](C)CN(c2c(F)cc3c(=O)c(C(=O)NCc4ccc(Cl)cc4Cl)cn(C4CC4)c3c2O)C[C@@H]1C. The van der Waals surface area contributed by atoms with Crippen molar-refractivity contribution in [1.29, 1.82) is 0 Å². The molecule has 0 spiro atoms. The number of pyridine rings is 1. The standard InChI is InChI=1S/C29H31Cl2FN4O5/c1-14-11-34(12-15(2)36(14)16(3)29(40)41)25-23(32)9-20-24(27(25)38)35(19-6-7-19)13-21(26(20)37)28(39)33-10-17-4-5-18(30)8-22(17)31/h4-5,8-9,13-16,19,38H,6-7,10-12H2,1-3H3,(H,33,39)(H,40,41)/t14-,15+,16?. The molecule has 0 bridgehead atoms. The topological polar surface area (TPSA) is 115 Å². The van der Waals surface area contributed by atoms with Crippen LogP contribution in [-0.4, -0.2) is 62.8 Å². The van der Waals surface area contributed by atoms with E-state index in [-0.39, 0.29) is 65.7 Å². The molecule has 1 aliphatic carbocycles. The molecule has 2 aromatic carbocycles. The summed E-state index contributed by atoms with van der Waals surface area (Å²) in [5, 5.41) is 24.4. The Hall–Kier alpha value is -3.34. The normalized spacial score (nSPS) is 20.3. The number of rotatable bonds is 7. The molecule has 3 N–H and O–H groups in total. The fourth-order valence-corrected chi connectivity index (χ4v) is 6.38. The average Bonchev–Trinajstić information content (AvgIpc) is 3.73. The molecule has 9 nitrogen and oxygen atoms in total. The summed E-state index contributed by atoms with van der Waals surface area (Å²) in [6, 6.07) is 4.69. The molecule has 0 radical (unpaired) electrons. The molecule has 1 saturated heterocycles. The first-order valence-corrected chi connectivity index (χ1v) is 14.2. The molecule has 2 fully saturated rings. The second kappa shape index (κ2) is 11.2. The molecule has 1 aromatic heterocycles. The van der Waals surface area contributed by atoms with Gasteiger partial charge in [0.1, 0.15) is 17.3 Å². The zero-order valence-corrected chi connectivity index (χ0v) is 24.3. The summed E-state index contributed by atoms with van der Waals surface area (Å²) in [4.78, 5) is 41.8. The Morgan fingerprint density at radius 3 is 2.39 bits per heavy atom. The molecule has 2 aliphatic rings. The Labute approximate surface area is 246 Å². The maximum absolute atomic E-state index is 15.7. The van der Waals surface area contributed by atoms with Gasteiger partial charge in [-0.25, -0.2) is 4.39 Å². The van der Waals surface area contributed by atoms with Gasteiger partial charge in [0.25, 0.3) is 5.91 Å². The second-order valence-electron chi connectivity index (χ2n) is 10.9. The first-order chi connectivity index (χ1) is 19.4. The number of aromatic nitrogens is 1. The van der Waals surface area contributed by atoms with E-state index in [1.165, 1.54) is 6.20 Å². The predicted molar refractivity (Wildman–Crippen MR) is 156 cm³/mol. The maximum atomic E-state index is 15.7. The van der Waals surface area contributed by atoms with Crippen molar-refractivity contribution >= 4 is 51.7 Å². The van der Waals surface area contributed by atoms with E-state index in [0.29, 0.717) is 15.6 Å². The van der Waals surface area contributed by atoms with Crippen LogP contribution < -0.4 is 15.6 Å². The van der Waals surface area contributed by atoms with Crippen LogP contribution in [-0.2, 0) is 11.3 Å². The molecule has 1 amide bonds. The highest BCUT2D eigenvalue weighted by atomic mass is 35.5. The van der Waals surface area contributed by atoms with Crippen LogP contribution in [0.3, 0.4) is 0 Å². The van der Waals surface area contributed by atoms with Gasteiger partial charge in [0.15, 0.2) is 11.6 Å². The van der Waals surface area contributed by atoms with Gasteiger partial charge in [-0.2, -0.15) is 0 Å². The summed E-state index contributed by atoms with van der Waals surface area (Å²) >= 11 is 12.2. The second-order valence-corrected chi connectivity index (χ2v) is 11.8. The minimum Gasteiger partial charge on any atom is -0.504 e. The van der Waals surface area contributed by atoms with Gasteiger partial charge in [0, 0.05) is 54.0 Å². The summed E-state index contributed by atoms with van der Waals surface area (Å²) in [5.41, 5.74) is -0.115. The molecule has 3 aromatic rings. The molecule has 1 aliphatic heterocycles. The summed E-state index contributed by atoms with van der Waals surface area (Å²) in [7, 11) is 0. The van der Waals surface area contributed by atoms with Gasteiger partial charge in [-0.1, -0.05) is 29.3 Å². The van der Waals surface area contributed by atoms with Crippen molar-refractivity contribution < 1.29 is 24.2 Å². The van der Waals surface area contributed by atoms with E-state index >= 15 is 4.39 Å². The average molecular weight is 605 g/mol. The molecule has 1 saturated carbocycles. The number of nitrogens with one attached hydrogen (secondary N) is 1. The largest absolute Gasteiger partial charge is 0.504 e. The molecule has 218 valence electrons. The van der Waals surface area contributed by atoms with Crippen LogP contribution in [0.4, 0.5) is 10.1 Å². The third kappa shape index (κ3) is 5.48. The van der Waals surface area contributed by atoms with Crippen molar-refractivity contribution in [3.05, 3.63) is 67.7 Å². The number of anilines is 1.